The molecule has 2 nitrogen and oxygen atoms in total. The van der Waals surface area contributed by atoms with Crippen molar-refractivity contribution >= 4 is 0 Å². The van der Waals surface area contributed by atoms with Gasteiger partial charge in [0.15, 0.2) is 0 Å². The van der Waals surface area contributed by atoms with Crippen molar-refractivity contribution < 1.29 is 9.13 Å². The summed E-state index contributed by atoms with van der Waals surface area (Å²) >= 11 is 0. The van der Waals surface area contributed by atoms with E-state index in [1.807, 2.05) is 25.1 Å². The zero-order chi connectivity index (χ0) is 14.4. The number of ether oxygens (including phenoxy) is 1. The Balaban J connectivity index is 2.01. The Morgan fingerprint density at radius 2 is 2.00 bits per heavy atom. The topological polar surface area (TPSA) is 21.3 Å². The van der Waals surface area contributed by atoms with E-state index in [0.29, 0.717) is 6.61 Å². The van der Waals surface area contributed by atoms with Gasteiger partial charge in [0.2, 0.25) is 0 Å². The Morgan fingerprint density at radius 1 is 1.15 bits per heavy atom. The summed E-state index contributed by atoms with van der Waals surface area (Å²) in [6.45, 7) is 6.18. The predicted molar refractivity (Wildman–Crippen MR) is 79.3 cm³/mol. The van der Waals surface area contributed by atoms with Crippen molar-refractivity contribution in [1.29, 1.82) is 0 Å². The fourth-order valence-corrected chi connectivity index (χ4v) is 1.97. The van der Waals surface area contributed by atoms with Gasteiger partial charge in [0.05, 0.1) is 0 Å². The average Bonchev–Trinajstić information content (AvgIpc) is 2.46. The fraction of sp³-hybridized carbons (Fsp3) is 0.294. The van der Waals surface area contributed by atoms with Gasteiger partial charge in [-0.05, 0) is 54.4 Å². The lowest BCUT2D eigenvalue weighted by molar-refractivity contribution is 0.304. The minimum Gasteiger partial charge on any atom is -0.489 e. The summed E-state index contributed by atoms with van der Waals surface area (Å²) in [5.74, 6) is 0.583. The smallest absolute Gasteiger partial charge is 0.123 e. The second-order valence-corrected chi connectivity index (χ2v) is 4.79. The molecule has 0 bridgehead atoms. The van der Waals surface area contributed by atoms with E-state index in [0.717, 1.165) is 30.0 Å². The minimum absolute atomic E-state index is 0.227. The Morgan fingerprint density at radius 3 is 2.80 bits per heavy atom. The first kappa shape index (κ1) is 14.5. The van der Waals surface area contributed by atoms with E-state index in [4.69, 9.17) is 4.74 Å². The molecule has 0 radical (unpaired) electrons. The van der Waals surface area contributed by atoms with Crippen LogP contribution in [0, 0.1) is 12.7 Å². The van der Waals surface area contributed by atoms with Crippen molar-refractivity contribution in [1.82, 2.24) is 5.32 Å². The zero-order valence-electron chi connectivity index (χ0n) is 11.9. The third-order valence-electron chi connectivity index (χ3n) is 3.18. The summed E-state index contributed by atoms with van der Waals surface area (Å²) in [6.07, 6.45) is 0. The van der Waals surface area contributed by atoms with Crippen molar-refractivity contribution in [2.75, 3.05) is 6.54 Å². The lowest BCUT2D eigenvalue weighted by Crippen LogP contribution is -2.11. The summed E-state index contributed by atoms with van der Waals surface area (Å²) in [5, 5.41) is 3.28. The maximum atomic E-state index is 13.2. The molecule has 2 aromatic rings. The Bertz CT molecular complexity index is 569. The number of halogens is 1. The highest BCUT2D eigenvalue weighted by Gasteiger charge is 2.02. The van der Waals surface area contributed by atoms with Gasteiger partial charge in [-0.3, -0.25) is 0 Å². The summed E-state index contributed by atoms with van der Waals surface area (Å²) < 4.78 is 19.0. The largest absolute Gasteiger partial charge is 0.489 e. The molecule has 2 aromatic carbocycles. The molecule has 0 aromatic heterocycles. The van der Waals surface area contributed by atoms with Crippen LogP contribution in [-0.4, -0.2) is 6.54 Å². The molecular formula is C17H20FNO. The summed E-state index contributed by atoms with van der Waals surface area (Å²) in [6, 6.07) is 12.7. The highest BCUT2D eigenvalue weighted by Crippen LogP contribution is 2.17. The molecule has 0 fully saturated rings. The summed E-state index contributed by atoms with van der Waals surface area (Å²) in [4.78, 5) is 0. The van der Waals surface area contributed by atoms with Crippen LogP contribution in [0.2, 0.25) is 0 Å². The number of aryl methyl sites for hydroxylation is 1. The van der Waals surface area contributed by atoms with E-state index >= 15 is 0 Å². The SMILES string of the molecule is CCNCc1cccc(OCc2cc(F)ccc2C)c1. The molecule has 0 aliphatic heterocycles. The van der Waals surface area contributed by atoms with Crippen LogP contribution >= 0.6 is 0 Å². The molecule has 0 saturated heterocycles. The van der Waals surface area contributed by atoms with Gasteiger partial charge in [-0.1, -0.05) is 25.1 Å². The normalized spacial score (nSPS) is 10.6. The van der Waals surface area contributed by atoms with Crippen molar-refractivity contribution in [2.45, 2.75) is 27.0 Å². The van der Waals surface area contributed by atoms with Crippen LogP contribution in [0.25, 0.3) is 0 Å². The first-order chi connectivity index (χ1) is 9.69. The molecule has 20 heavy (non-hydrogen) atoms. The first-order valence-electron chi connectivity index (χ1n) is 6.86. The zero-order valence-corrected chi connectivity index (χ0v) is 11.9. The standard InChI is InChI=1S/C17H20FNO/c1-3-19-11-14-5-4-6-17(9-14)20-12-15-10-16(18)8-7-13(15)2/h4-10,19H,3,11-12H2,1-2H3. The van der Waals surface area contributed by atoms with Gasteiger partial charge >= 0.3 is 0 Å². The number of benzene rings is 2. The van der Waals surface area contributed by atoms with Crippen LogP contribution in [0.1, 0.15) is 23.6 Å². The molecule has 1 N–H and O–H groups in total. The van der Waals surface area contributed by atoms with E-state index < -0.39 is 0 Å². The molecule has 0 unspecified atom stereocenters. The lowest BCUT2D eigenvalue weighted by atomic mass is 10.1. The second-order valence-electron chi connectivity index (χ2n) is 4.79. The third-order valence-corrected chi connectivity index (χ3v) is 3.18. The molecule has 0 amide bonds. The predicted octanol–water partition coefficient (Wildman–Crippen LogP) is 3.82. The van der Waals surface area contributed by atoms with Crippen LogP contribution in [-0.2, 0) is 13.2 Å². The maximum absolute atomic E-state index is 13.2. The quantitative estimate of drug-likeness (QED) is 0.864. The van der Waals surface area contributed by atoms with Gasteiger partial charge in [-0.2, -0.15) is 0 Å². The molecule has 2 rings (SSSR count). The Hall–Kier alpha value is -1.87. The van der Waals surface area contributed by atoms with Crippen molar-refractivity contribution in [3.8, 4) is 5.75 Å². The molecule has 0 spiro atoms. The van der Waals surface area contributed by atoms with Crippen LogP contribution in [0.3, 0.4) is 0 Å². The van der Waals surface area contributed by atoms with Gasteiger partial charge in [0.25, 0.3) is 0 Å². The summed E-state index contributed by atoms with van der Waals surface area (Å²) in [5.41, 5.74) is 3.10. The Labute approximate surface area is 119 Å². The highest BCUT2D eigenvalue weighted by atomic mass is 19.1. The van der Waals surface area contributed by atoms with E-state index in [9.17, 15) is 4.39 Å². The number of rotatable bonds is 6. The van der Waals surface area contributed by atoms with Crippen LogP contribution < -0.4 is 10.1 Å². The van der Waals surface area contributed by atoms with Crippen LogP contribution in [0.4, 0.5) is 4.39 Å². The Kier molecular flexibility index (Phi) is 5.13. The maximum Gasteiger partial charge on any atom is 0.123 e. The minimum atomic E-state index is -0.227. The number of hydrogen-bond donors (Lipinski definition) is 1. The van der Waals surface area contributed by atoms with E-state index in [1.54, 1.807) is 6.07 Å². The van der Waals surface area contributed by atoms with E-state index in [-0.39, 0.29) is 5.82 Å². The van der Waals surface area contributed by atoms with Crippen molar-refractivity contribution in [3.05, 3.63) is 65.0 Å². The third kappa shape index (κ3) is 4.07. The van der Waals surface area contributed by atoms with Crippen molar-refractivity contribution in [3.63, 3.8) is 0 Å². The molecule has 0 atom stereocenters. The molecule has 0 saturated carbocycles. The highest BCUT2D eigenvalue weighted by molar-refractivity contribution is 5.30. The second kappa shape index (κ2) is 7.06. The molecule has 0 heterocycles. The number of nitrogens with one attached hydrogen (secondary N) is 1. The number of hydrogen-bond acceptors (Lipinski definition) is 2. The first-order valence-corrected chi connectivity index (χ1v) is 6.86. The lowest BCUT2D eigenvalue weighted by Gasteiger charge is -2.10. The molecule has 3 heteroatoms. The van der Waals surface area contributed by atoms with Gasteiger partial charge < -0.3 is 10.1 Å². The van der Waals surface area contributed by atoms with E-state index in [1.165, 1.54) is 17.7 Å². The van der Waals surface area contributed by atoms with Crippen LogP contribution in [0.15, 0.2) is 42.5 Å². The van der Waals surface area contributed by atoms with Gasteiger partial charge in [-0.25, -0.2) is 4.39 Å². The van der Waals surface area contributed by atoms with Crippen molar-refractivity contribution in [2.24, 2.45) is 0 Å². The summed E-state index contributed by atoms with van der Waals surface area (Å²) in [7, 11) is 0. The van der Waals surface area contributed by atoms with E-state index in [2.05, 4.69) is 18.3 Å². The molecule has 106 valence electrons. The van der Waals surface area contributed by atoms with Gasteiger partial charge in [-0.15, -0.1) is 0 Å². The van der Waals surface area contributed by atoms with Gasteiger partial charge in [0.1, 0.15) is 18.2 Å². The average molecular weight is 273 g/mol. The fourth-order valence-electron chi connectivity index (χ4n) is 1.97. The van der Waals surface area contributed by atoms with Gasteiger partial charge in [0, 0.05) is 6.54 Å². The molecule has 0 aliphatic carbocycles. The molecule has 0 aliphatic rings. The van der Waals surface area contributed by atoms with Crippen LogP contribution in [0.5, 0.6) is 5.75 Å². The molecular weight excluding hydrogens is 253 g/mol. The monoisotopic (exact) mass is 273 g/mol.